The molecule has 76 valence electrons. The Morgan fingerprint density at radius 1 is 1.21 bits per heavy atom. The lowest BCUT2D eigenvalue weighted by atomic mass is 9.96. The fraction of sp³-hybridized carbons (Fsp3) is 0.538. The first-order chi connectivity index (χ1) is 6.46. The molecule has 1 fully saturated rings. The highest BCUT2D eigenvalue weighted by molar-refractivity contribution is 5.42. The average molecular weight is 189 g/mol. The summed E-state index contributed by atoms with van der Waals surface area (Å²) in [5, 5.41) is 0. The summed E-state index contributed by atoms with van der Waals surface area (Å²) in [6.45, 7) is 8.87. The standard InChI is InChI=1S/C13H19N/c1-8-6-5-7-10(9(8)2)11-12(14)13(11,3)4/h5-7,11-12H,14H2,1-4H3/t11-,12-/m1/s1. The van der Waals surface area contributed by atoms with Crippen molar-refractivity contribution in [2.75, 3.05) is 0 Å². The van der Waals surface area contributed by atoms with E-state index in [4.69, 9.17) is 5.73 Å². The van der Waals surface area contributed by atoms with Crippen molar-refractivity contribution in [3.05, 3.63) is 34.9 Å². The molecule has 2 atom stereocenters. The number of hydrogen-bond acceptors (Lipinski definition) is 1. The van der Waals surface area contributed by atoms with Crippen LogP contribution >= 0.6 is 0 Å². The smallest absolute Gasteiger partial charge is 0.0172 e. The third kappa shape index (κ3) is 1.19. The van der Waals surface area contributed by atoms with Gasteiger partial charge < -0.3 is 5.73 Å². The molecule has 1 saturated carbocycles. The fourth-order valence-electron chi connectivity index (χ4n) is 2.38. The molecular formula is C13H19N. The van der Waals surface area contributed by atoms with Crippen LogP contribution in [0.2, 0.25) is 0 Å². The molecule has 1 aromatic rings. The largest absolute Gasteiger partial charge is 0.327 e. The van der Waals surface area contributed by atoms with Gasteiger partial charge in [0.1, 0.15) is 0 Å². The quantitative estimate of drug-likeness (QED) is 0.722. The van der Waals surface area contributed by atoms with E-state index in [1.807, 2.05) is 0 Å². The van der Waals surface area contributed by atoms with Gasteiger partial charge in [-0.1, -0.05) is 32.0 Å². The summed E-state index contributed by atoms with van der Waals surface area (Å²) in [6.07, 6.45) is 0. The summed E-state index contributed by atoms with van der Waals surface area (Å²) < 4.78 is 0. The number of benzene rings is 1. The summed E-state index contributed by atoms with van der Waals surface area (Å²) in [5.41, 5.74) is 10.6. The zero-order valence-electron chi connectivity index (χ0n) is 9.46. The lowest BCUT2D eigenvalue weighted by Crippen LogP contribution is -2.06. The Labute approximate surface area is 86.3 Å². The molecule has 0 aliphatic heterocycles. The zero-order chi connectivity index (χ0) is 10.5. The van der Waals surface area contributed by atoms with Crippen molar-refractivity contribution in [3.63, 3.8) is 0 Å². The van der Waals surface area contributed by atoms with E-state index in [1.54, 1.807) is 0 Å². The molecule has 0 saturated heterocycles. The SMILES string of the molecule is Cc1cccc([C@@H]2[C@@H](N)C2(C)C)c1C. The molecule has 2 N–H and O–H groups in total. The normalized spacial score (nSPS) is 28.9. The van der Waals surface area contributed by atoms with Gasteiger partial charge in [-0.15, -0.1) is 0 Å². The van der Waals surface area contributed by atoms with E-state index in [0.29, 0.717) is 17.4 Å². The second kappa shape index (κ2) is 2.83. The number of rotatable bonds is 1. The van der Waals surface area contributed by atoms with Crippen LogP contribution in [-0.4, -0.2) is 6.04 Å². The summed E-state index contributed by atoms with van der Waals surface area (Å²) >= 11 is 0. The summed E-state index contributed by atoms with van der Waals surface area (Å²) in [5.74, 6) is 0.558. The molecule has 0 bridgehead atoms. The summed E-state index contributed by atoms with van der Waals surface area (Å²) in [4.78, 5) is 0. The van der Waals surface area contributed by atoms with E-state index in [2.05, 4.69) is 45.9 Å². The first-order valence-electron chi connectivity index (χ1n) is 5.28. The molecule has 0 radical (unpaired) electrons. The molecule has 0 amide bonds. The molecule has 1 aliphatic carbocycles. The maximum atomic E-state index is 6.10. The lowest BCUT2D eigenvalue weighted by molar-refractivity contribution is 0.598. The highest BCUT2D eigenvalue weighted by Gasteiger charge is 2.56. The van der Waals surface area contributed by atoms with Gasteiger partial charge in [-0.2, -0.15) is 0 Å². The number of hydrogen-bond donors (Lipinski definition) is 1. The topological polar surface area (TPSA) is 26.0 Å². The highest BCUT2D eigenvalue weighted by Crippen LogP contribution is 2.57. The van der Waals surface area contributed by atoms with Gasteiger partial charge in [0.25, 0.3) is 0 Å². The van der Waals surface area contributed by atoms with E-state index >= 15 is 0 Å². The molecule has 14 heavy (non-hydrogen) atoms. The molecule has 0 spiro atoms. The lowest BCUT2D eigenvalue weighted by Gasteiger charge is -2.09. The fourth-order valence-corrected chi connectivity index (χ4v) is 2.38. The van der Waals surface area contributed by atoms with E-state index < -0.39 is 0 Å². The molecule has 2 rings (SSSR count). The van der Waals surface area contributed by atoms with Crippen LogP contribution < -0.4 is 5.73 Å². The van der Waals surface area contributed by atoms with E-state index in [-0.39, 0.29) is 0 Å². The van der Waals surface area contributed by atoms with Crippen molar-refractivity contribution in [3.8, 4) is 0 Å². The Morgan fingerprint density at radius 2 is 1.79 bits per heavy atom. The van der Waals surface area contributed by atoms with Crippen molar-refractivity contribution in [2.45, 2.75) is 39.7 Å². The molecule has 1 heteroatoms. The number of aryl methyl sites for hydroxylation is 1. The van der Waals surface area contributed by atoms with Gasteiger partial charge in [-0.05, 0) is 36.0 Å². The Kier molecular flexibility index (Phi) is 1.97. The van der Waals surface area contributed by atoms with Crippen LogP contribution in [0.4, 0.5) is 0 Å². The summed E-state index contributed by atoms with van der Waals surface area (Å²) in [6, 6.07) is 6.86. The van der Waals surface area contributed by atoms with Gasteiger partial charge in [0.15, 0.2) is 0 Å². The Morgan fingerprint density at radius 3 is 2.29 bits per heavy atom. The van der Waals surface area contributed by atoms with Gasteiger partial charge in [0.2, 0.25) is 0 Å². The highest BCUT2D eigenvalue weighted by atomic mass is 14.8. The predicted octanol–water partition coefficient (Wildman–Crippen LogP) is 2.75. The van der Waals surface area contributed by atoms with Crippen LogP contribution in [-0.2, 0) is 0 Å². The number of nitrogens with two attached hydrogens (primary N) is 1. The average Bonchev–Trinajstić information content (AvgIpc) is 2.59. The third-order valence-corrected chi connectivity index (χ3v) is 3.89. The summed E-state index contributed by atoms with van der Waals surface area (Å²) in [7, 11) is 0. The Bertz CT molecular complexity index is 365. The second-order valence-electron chi connectivity index (χ2n) is 5.11. The van der Waals surface area contributed by atoms with Crippen LogP contribution in [0.25, 0.3) is 0 Å². The van der Waals surface area contributed by atoms with E-state index in [1.165, 1.54) is 16.7 Å². The van der Waals surface area contributed by atoms with Gasteiger partial charge in [-0.3, -0.25) is 0 Å². The van der Waals surface area contributed by atoms with Gasteiger partial charge in [0, 0.05) is 12.0 Å². The maximum absolute atomic E-state index is 6.10. The van der Waals surface area contributed by atoms with Crippen molar-refractivity contribution in [1.82, 2.24) is 0 Å². The Balaban J connectivity index is 2.40. The maximum Gasteiger partial charge on any atom is 0.0172 e. The first-order valence-corrected chi connectivity index (χ1v) is 5.28. The van der Waals surface area contributed by atoms with Gasteiger partial charge in [0.05, 0.1) is 0 Å². The molecule has 0 aromatic heterocycles. The van der Waals surface area contributed by atoms with Crippen molar-refractivity contribution in [1.29, 1.82) is 0 Å². The minimum atomic E-state index is 0.290. The van der Waals surface area contributed by atoms with Crippen molar-refractivity contribution < 1.29 is 0 Å². The molecule has 1 nitrogen and oxygen atoms in total. The minimum Gasteiger partial charge on any atom is -0.327 e. The molecular weight excluding hydrogens is 170 g/mol. The predicted molar refractivity (Wildman–Crippen MR) is 60.4 cm³/mol. The van der Waals surface area contributed by atoms with E-state index in [0.717, 1.165) is 0 Å². The van der Waals surface area contributed by atoms with Crippen molar-refractivity contribution >= 4 is 0 Å². The monoisotopic (exact) mass is 189 g/mol. The first kappa shape index (κ1) is 9.72. The van der Waals surface area contributed by atoms with Crippen LogP contribution in [0.1, 0.15) is 36.5 Å². The molecule has 1 aliphatic rings. The van der Waals surface area contributed by atoms with Crippen LogP contribution in [0.15, 0.2) is 18.2 Å². The molecule has 0 unspecified atom stereocenters. The second-order valence-corrected chi connectivity index (χ2v) is 5.11. The van der Waals surface area contributed by atoms with Crippen molar-refractivity contribution in [2.24, 2.45) is 11.1 Å². The van der Waals surface area contributed by atoms with Gasteiger partial charge >= 0.3 is 0 Å². The van der Waals surface area contributed by atoms with E-state index in [9.17, 15) is 0 Å². The molecule has 1 aromatic carbocycles. The zero-order valence-corrected chi connectivity index (χ0v) is 9.46. The van der Waals surface area contributed by atoms with Crippen LogP contribution in [0.3, 0.4) is 0 Å². The van der Waals surface area contributed by atoms with Gasteiger partial charge in [-0.25, -0.2) is 0 Å². The Hall–Kier alpha value is -0.820. The van der Waals surface area contributed by atoms with Crippen LogP contribution in [0.5, 0.6) is 0 Å². The van der Waals surface area contributed by atoms with Crippen LogP contribution in [0, 0.1) is 19.3 Å². The third-order valence-electron chi connectivity index (χ3n) is 3.89. The molecule has 0 heterocycles. The minimum absolute atomic E-state index is 0.290.